The van der Waals surface area contributed by atoms with Gasteiger partial charge >= 0.3 is 0 Å². The monoisotopic (exact) mass is 277 g/mol. The lowest BCUT2D eigenvalue weighted by Gasteiger charge is -2.41. The molecule has 3 heteroatoms. The van der Waals surface area contributed by atoms with E-state index in [1.54, 1.807) is 0 Å². The summed E-state index contributed by atoms with van der Waals surface area (Å²) in [4.78, 5) is 5.70. The third-order valence-electron chi connectivity index (χ3n) is 6.48. The second-order valence-corrected chi connectivity index (χ2v) is 7.69. The van der Waals surface area contributed by atoms with Gasteiger partial charge in [-0.1, -0.05) is 19.3 Å². The molecule has 3 nitrogen and oxygen atoms in total. The number of fused-ring (bicyclic) bond motifs is 1. The summed E-state index contributed by atoms with van der Waals surface area (Å²) in [6.07, 6.45) is 12.9. The number of nitrogens with zero attached hydrogens (tertiary/aromatic N) is 2. The Hall–Kier alpha value is -0.120. The van der Waals surface area contributed by atoms with Crippen LogP contribution in [0.3, 0.4) is 0 Å². The van der Waals surface area contributed by atoms with Crippen molar-refractivity contribution < 1.29 is 0 Å². The van der Waals surface area contributed by atoms with Crippen molar-refractivity contribution in [2.45, 2.75) is 75.4 Å². The van der Waals surface area contributed by atoms with Gasteiger partial charge in [-0.2, -0.15) is 0 Å². The van der Waals surface area contributed by atoms with E-state index in [1.807, 2.05) is 0 Å². The summed E-state index contributed by atoms with van der Waals surface area (Å²) >= 11 is 0. The van der Waals surface area contributed by atoms with Crippen molar-refractivity contribution in [3.8, 4) is 0 Å². The van der Waals surface area contributed by atoms with E-state index >= 15 is 0 Å². The lowest BCUT2D eigenvalue weighted by molar-refractivity contribution is 0.0981. The number of piperidine rings is 1. The van der Waals surface area contributed by atoms with Gasteiger partial charge in [0.1, 0.15) is 0 Å². The van der Waals surface area contributed by atoms with Gasteiger partial charge in [0, 0.05) is 30.7 Å². The van der Waals surface area contributed by atoms with Gasteiger partial charge in [0.15, 0.2) is 0 Å². The van der Waals surface area contributed by atoms with Gasteiger partial charge in [-0.25, -0.2) is 0 Å². The fourth-order valence-electron chi connectivity index (χ4n) is 5.48. The number of hydrogen-bond acceptors (Lipinski definition) is 3. The fraction of sp³-hybridized carbons (Fsp3) is 1.00. The molecule has 4 aliphatic rings. The van der Waals surface area contributed by atoms with Gasteiger partial charge in [0.2, 0.25) is 0 Å². The summed E-state index contributed by atoms with van der Waals surface area (Å²) < 4.78 is 0. The Morgan fingerprint density at radius 3 is 2.45 bits per heavy atom. The molecule has 0 radical (unpaired) electrons. The van der Waals surface area contributed by atoms with Gasteiger partial charge < -0.3 is 5.32 Å². The van der Waals surface area contributed by atoms with Crippen LogP contribution in [0, 0.1) is 0 Å². The van der Waals surface area contributed by atoms with E-state index in [0.29, 0.717) is 5.54 Å². The van der Waals surface area contributed by atoms with Crippen LogP contribution < -0.4 is 5.32 Å². The highest BCUT2D eigenvalue weighted by atomic mass is 15.3. The van der Waals surface area contributed by atoms with E-state index in [-0.39, 0.29) is 0 Å². The largest absolute Gasteiger partial charge is 0.310 e. The zero-order chi connectivity index (χ0) is 13.4. The van der Waals surface area contributed by atoms with Gasteiger partial charge in [-0.3, -0.25) is 9.80 Å². The Balaban J connectivity index is 1.49. The minimum atomic E-state index is 0.485. The lowest BCUT2D eigenvalue weighted by Crippen LogP contribution is -2.54. The van der Waals surface area contributed by atoms with Crippen molar-refractivity contribution in [2.75, 3.05) is 32.7 Å². The number of nitrogens with one attached hydrogen (secondary N) is 1. The minimum Gasteiger partial charge on any atom is -0.310 e. The fourth-order valence-corrected chi connectivity index (χ4v) is 5.48. The highest BCUT2D eigenvalue weighted by Gasteiger charge is 2.43. The van der Waals surface area contributed by atoms with Crippen molar-refractivity contribution in [3.63, 3.8) is 0 Å². The van der Waals surface area contributed by atoms with Gasteiger partial charge in [0.05, 0.1) is 0 Å². The molecule has 3 saturated heterocycles. The molecule has 2 unspecified atom stereocenters. The predicted octanol–water partition coefficient (Wildman–Crippen LogP) is 2.22. The lowest BCUT2D eigenvalue weighted by atomic mass is 9.93. The zero-order valence-corrected chi connectivity index (χ0v) is 12.9. The van der Waals surface area contributed by atoms with Gasteiger partial charge in [-0.05, 0) is 58.2 Å². The van der Waals surface area contributed by atoms with Crippen LogP contribution in [0.1, 0.15) is 57.8 Å². The Labute approximate surface area is 124 Å². The second-order valence-electron chi connectivity index (χ2n) is 7.69. The molecule has 114 valence electrons. The molecule has 3 heterocycles. The summed E-state index contributed by atoms with van der Waals surface area (Å²) in [6, 6.07) is 1.76. The first-order valence-electron chi connectivity index (χ1n) is 9.10. The van der Waals surface area contributed by atoms with Crippen LogP contribution in [0.5, 0.6) is 0 Å². The molecule has 0 aromatic heterocycles. The van der Waals surface area contributed by atoms with Crippen LogP contribution in [0.25, 0.3) is 0 Å². The third kappa shape index (κ3) is 2.42. The molecule has 0 amide bonds. The summed E-state index contributed by atoms with van der Waals surface area (Å²) in [5.41, 5.74) is 0.485. The number of rotatable bonds is 1. The van der Waals surface area contributed by atoms with Crippen LogP contribution in [0.2, 0.25) is 0 Å². The Kier molecular flexibility index (Phi) is 3.78. The Morgan fingerprint density at radius 1 is 0.750 bits per heavy atom. The van der Waals surface area contributed by atoms with Crippen LogP contribution >= 0.6 is 0 Å². The van der Waals surface area contributed by atoms with Crippen molar-refractivity contribution >= 4 is 0 Å². The second kappa shape index (κ2) is 5.58. The summed E-state index contributed by atoms with van der Waals surface area (Å²) in [6.45, 7) is 6.66. The quantitative estimate of drug-likeness (QED) is 0.793. The molecule has 0 bridgehead atoms. The molecule has 20 heavy (non-hydrogen) atoms. The molecular formula is C17H31N3. The van der Waals surface area contributed by atoms with E-state index < -0.39 is 0 Å². The molecule has 4 fully saturated rings. The smallest absolute Gasteiger partial charge is 0.0308 e. The van der Waals surface area contributed by atoms with Crippen molar-refractivity contribution in [3.05, 3.63) is 0 Å². The van der Waals surface area contributed by atoms with Gasteiger partial charge in [-0.15, -0.1) is 0 Å². The molecule has 4 rings (SSSR count). The van der Waals surface area contributed by atoms with Gasteiger partial charge in [0.25, 0.3) is 0 Å². The Bertz CT molecular complexity index is 337. The maximum atomic E-state index is 3.93. The van der Waals surface area contributed by atoms with Crippen LogP contribution in [0.15, 0.2) is 0 Å². The minimum absolute atomic E-state index is 0.485. The molecule has 0 aromatic rings. The molecule has 1 saturated carbocycles. The highest BCUT2D eigenvalue weighted by Crippen LogP contribution is 2.36. The van der Waals surface area contributed by atoms with E-state index in [1.165, 1.54) is 90.5 Å². The van der Waals surface area contributed by atoms with Crippen molar-refractivity contribution in [2.24, 2.45) is 0 Å². The SMILES string of the molecule is C1CCN2CCC(N3CCCNC4(CCCC4)C3)C2C1. The highest BCUT2D eigenvalue weighted by molar-refractivity contribution is 5.02. The molecule has 2 atom stereocenters. The first kappa shape index (κ1) is 13.5. The van der Waals surface area contributed by atoms with E-state index in [0.717, 1.165) is 12.1 Å². The van der Waals surface area contributed by atoms with Crippen LogP contribution in [-0.4, -0.2) is 60.1 Å². The third-order valence-corrected chi connectivity index (χ3v) is 6.48. The maximum absolute atomic E-state index is 3.93. The zero-order valence-electron chi connectivity index (χ0n) is 12.9. The normalized spacial score (nSPS) is 39.0. The molecule has 0 aromatic carbocycles. The first-order chi connectivity index (χ1) is 9.86. The summed E-state index contributed by atoms with van der Waals surface area (Å²) in [7, 11) is 0. The molecule has 1 N–H and O–H groups in total. The standard InChI is InChI=1S/C17H31N3/c1-4-11-19-13-7-16(15(19)6-1)20-12-5-10-18-17(14-20)8-2-3-9-17/h15-16,18H,1-14H2. The molecule has 1 spiro atoms. The van der Waals surface area contributed by atoms with Crippen molar-refractivity contribution in [1.82, 2.24) is 15.1 Å². The van der Waals surface area contributed by atoms with E-state index in [2.05, 4.69) is 15.1 Å². The molecule has 3 aliphatic heterocycles. The number of hydrogen-bond donors (Lipinski definition) is 1. The molecule has 1 aliphatic carbocycles. The first-order valence-corrected chi connectivity index (χ1v) is 9.10. The van der Waals surface area contributed by atoms with Crippen LogP contribution in [-0.2, 0) is 0 Å². The topological polar surface area (TPSA) is 18.5 Å². The average Bonchev–Trinajstić information content (AvgIpc) is 3.04. The van der Waals surface area contributed by atoms with E-state index in [4.69, 9.17) is 0 Å². The van der Waals surface area contributed by atoms with Crippen LogP contribution in [0.4, 0.5) is 0 Å². The Morgan fingerprint density at radius 2 is 1.55 bits per heavy atom. The average molecular weight is 277 g/mol. The predicted molar refractivity (Wildman–Crippen MR) is 83.0 cm³/mol. The molecular weight excluding hydrogens is 246 g/mol. The summed E-state index contributed by atoms with van der Waals surface area (Å²) in [5, 5.41) is 3.93. The summed E-state index contributed by atoms with van der Waals surface area (Å²) in [5.74, 6) is 0. The van der Waals surface area contributed by atoms with Crippen molar-refractivity contribution in [1.29, 1.82) is 0 Å². The maximum Gasteiger partial charge on any atom is 0.0308 e. The van der Waals surface area contributed by atoms with E-state index in [9.17, 15) is 0 Å².